The Morgan fingerprint density at radius 1 is 1.12 bits per heavy atom. The summed E-state index contributed by atoms with van der Waals surface area (Å²) in [4.78, 5) is 16.1. The van der Waals surface area contributed by atoms with E-state index in [0.29, 0.717) is 17.2 Å². The Bertz CT molecular complexity index is 984. The van der Waals surface area contributed by atoms with Crippen LogP contribution in [0.5, 0.6) is 0 Å². The Labute approximate surface area is 143 Å². The SMILES string of the molecule is CS(=O)(=O)Nc1cccc(NC(=O)c2ccc(-n3ccnc3)nn2)c1. The number of hydrogen-bond donors (Lipinski definition) is 2. The average molecular weight is 358 g/mol. The van der Waals surface area contributed by atoms with Crippen molar-refractivity contribution in [1.82, 2.24) is 19.7 Å². The van der Waals surface area contributed by atoms with Gasteiger partial charge in [-0.2, -0.15) is 0 Å². The number of benzene rings is 1. The average Bonchev–Trinajstić information content (AvgIpc) is 3.08. The molecule has 1 aromatic carbocycles. The Morgan fingerprint density at radius 3 is 2.56 bits per heavy atom. The Morgan fingerprint density at radius 2 is 1.92 bits per heavy atom. The third-order valence-electron chi connectivity index (χ3n) is 3.08. The first kappa shape index (κ1) is 16.6. The highest BCUT2D eigenvalue weighted by Gasteiger charge is 2.10. The molecule has 10 heteroatoms. The zero-order valence-corrected chi connectivity index (χ0v) is 13.9. The summed E-state index contributed by atoms with van der Waals surface area (Å²) >= 11 is 0. The van der Waals surface area contributed by atoms with Crippen molar-refractivity contribution in [3.63, 3.8) is 0 Å². The Balaban J connectivity index is 1.73. The Hall–Kier alpha value is -3.27. The number of carbonyl (C=O) groups excluding carboxylic acids is 1. The zero-order chi connectivity index (χ0) is 17.9. The van der Waals surface area contributed by atoms with Gasteiger partial charge in [0.2, 0.25) is 10.0 Å². The lowest BCUT2D eigenvalue weighted by Gasteiger charge is -2.08. The summed E-state index contributed by atoms with van der Waals surface area (Å²) in [5.41, 5.74) is 0.909. The van der Waals surface area contributed by atoms with E-state index in [-0.39, 0.29) is 5.69 Å². The third-order valence-corrected chi connectivity index (χ3v) is 3.68. The molecule has 0 spiro atoms. The highest BCUT2D eigenvalue weighted by Crippen LogP contribution is 2.16. The van der Waals surface area contributed by atoms with E-state index in [4.69, 9.17) is 0 Å². The van der Waals surface area contributed by atoms with Crippen LogP contribution in [-0.2, 0) is 10.0 Å². The maximum Gasteiger partial charge on any atom is 0.276 e. The molecular formula is C15H14N6O3S. The minimum atomic E-state index is -3.39. The number of hydrogen-bond acceptors (Lipinski definition) is 6. The topological polar surface area (TPSA) is 119 Å². The summed E-state index contributed by atoms with van der Waals surface area (Å²) in [5.74, 6) is 0.0783. The molecule has 128 valence electrons. The summed E-state index contributed by atoms with van der Waals surface area (Å²) in [6.07, 6.45) is 5.95. The fourth-order valence-electron chi connectivity index (χ4n) is 2.05. The number of amides is 1. The van der Waals surface area contributed by atoms with Gasteiger partial charge in [0.1, 0.15) is 6.33 Å². The van der Waals surface area contributed by atoms with Gasteiger partial charge in [-0.3, -0.25) is 14.1 Å². The number of carbonyl (C=O) groups is 1. The van der Waals surface area contributed by atoms with Gasteiger partial charge in [-0.25, -0.2) is 13.4 Å². The summed E-state index contributed by atoms with van der Waals surface area (Å²) in [5, 5.41) is 10.5. The van der Waals surface area contributed by atoms with Crippen LogP contribution in [0, 0.1) is 0 Å². The summed E-state index contributed by atoms with van der Waals surface area (Å²) < 4.78 is 26.5. The van der Waals surface area contributed by atoms with Gasteiger partial charge in [0, 0.05) is 18.1 Å². The van der Waals surface area contributed by atoms with Crippen molar-refractivity contribution in [1.29, 1.82) is 0 Å². The van der Waals surface area contributed by atoms with Crippen molar-refractivity contribution in [2.24, 2.45) is 0 Å². The van der Waals surface area contributed by atoms with Gasteiger partial charge in [0.15, 0.2) is 11.5 Å². The molecular weight excluding hydrogens is 344 g/mol. The van der Waals surface area contributed by atoms with Crippen LogP contribution in [0.1, 0.15) is 10.5 Å². The van der Waals surface area contributed by atoms with Crippen LogP contribution in [0.2, 0.25) is 0 Å². The lowest BCUT2D eigenvalue weighted by atomic mass is 10.2. The number of nitrogens with one attached hydrogen (secondary N) is 2. The van der Waals surface area contributed by atoms with Gasteiger partial charge < -0.3 is 5.32 Å². The molecule has 9 nitrogen and oxygen atoms in total. The minimum absolute atomic E-state index is 0.130. The van der Waals surface area contributed by atoms with E-state index in [1.54, 1.807) is 47.6 Å². The number of anilines is 2. The molecule has 2 N–H and O–H groups in total. The van der Waals surface area contributed by atoms with Crippen LogP contribution >= 0.6 is 0 Å². The molecule has 0 aliphatic heterocycles. The van der Waals surface area contributed by atoms with Gasteiger partial charge in [-0.15, -0.1) is 10.2 Å². The normalized spacial score (nSPS) is 11.1. The first-order valence-corrected chi connectivity index (χ1v) is 9.01. The van der Waals surface area contributed by atoms with E-state index < -0.39 is 15.9 Å². The summed E-state index contributed by atoms with van der Waals surface area (Å²) in [7, 11) is -3.39. The smallest absolute Gasteiger partial charge is 0.276 e. The molecule has 0 bridgehead atoms. The van der Waals surface area contributed by atoms with E-state index in [2.05, 4.69) is 25.2 Å². The lowest BCUT2D eigenvalue weighted by Crippen LogP contribution is -2.15. The van der Waals surface area contributed by atoms with E-state index in [9.17, 15) is 13.2 Å². The fraction of sp³-hybridized carbons (Fsp3) is 0.0667. The summed E-state index contributed by atoms with van der Waals surface area (Å²) in [6, 6.07) is 9.53. The van der Waals surface area contributed by atoms with Crippen molar-refractivity contribution in [2.45, 2.75) is 0 Å². The molecule has 25 heavy (non-hydrogen) atoms. The molecule has 0 saturated carbocycles. The molecule has 0 atom stereocenters. The standard InChI is InChI=1S/C15H14N6O3S/c1-25(23,24)20-12-4-2-3-11(9-12)17-15(22)13-5-6-14(19-18-13)21-8-7-16-10-21/h2-10,20H,1H3,(H,17,22). The molecule has 3 rings (SSSR count). The highest BCUT2D eigenvalue weighted by atomic mass is 32.2. The van der Waals surface area contributed by atoms with Crippen molar-refractivity contribution in [2.75, 3.05) is 16.3 Å². The number of nitrogens with zero attached hydrogens (tertiary/aromatic N) is 4. The van der Waals surface area contributed by atoms with Crippen molar-refractivity contribution < 1.29 is 13.2 Å². The van der Waals surface area contributed by atoms with Crippen molar-refractivity contribution in [3.05, 3.63) is 60.8 Å². The molecule has 2 heterocycles. The summed E-state index contributed by atoms with van der Waals surface area (Å²) in [6.45, 7) is 0. The maximum atomic E-state index is 12.2. The zero-order valence-electron chi connectivity index (χ0n) is 13.1. The van der Waals surface area contributed by atoms with Crippen LogP contribution in [-0.4, -0.2) is 40.3 Å². The largest absolute Gasteiger partial charge is 0.321 e. The van der Waals surface area contributed by atoms with E-state index in [0.717, 1.165) is 6.26 Å². The van der Waals surface area contributed by atoms with Crippen LogP contribution in [0.15, 0.2) is 55.1 Å². The van der Waals surface area contributed by atoms with Crippen LogP contribution < -0.4 is 10.0 Å². The van der Waals surface area contributed by atoms with E-state index in [1.165, 1.54) is 12.1 Å². The molecule has 0 aliphatic rings. The van der Waals surface area contributed by atoms with Gasteiger partial charge in [0.05, 0.1) is 11.9 Å². The maximum absolute atomic E-state index is 12.2. The van der Waals surface area contributed by atoms with Crippen molar-refractivity contribution in [3.8, 4) is 5.82 Å². The number of rotatable bonds is 5. The monoisotopic (exact) mass is 358 g/mol. The van der Waals surface area contributed by atoms with Crippen LogP contribution in [0.3, 0.4) is 0 Å². The van der Waals surface area contributed by atoms with E-state index in [1.807, 2.05) is 0 Å². The van der Waals surface area contributed by atoms with Gasteiger partial charge in [-0.1, -0.05) is 6.07 Å². The molecule has 3 aromatic rings. The first-order chi connectivity index (χ1) is 11.9. The van der Waals surface area contributed by atoms with Crippen molar-refractivity contribution >= 4 is 27.3 Å². The second-order valence-corrected chi connectivity index (χ2v) is 6.90. The second kappa shape index (κ2) is 6.69. The predicted molar refractivity (Wildman–Crippen MR) is 92.0 cm³/mol. The number of sulfonamides is 1. The van der Waals surface area contributed by atoms with Crippen LogP contribution in [0.25, 0.3) is 5.82 Å². The highest BCUT2D eigenvalue weighted by molar-refractivity contribution is 7.92. The third kappa shape index (κ3) is 4.38. The van der Waals surface area contributed by atoms with Gasteiger partial charge >= 0.3 is 0 Å². The number of imidazole rings is 1. The predicted octanol–water partition coefficient (Wildman–Crippen LogP) is 1.29. The van der Waals surface area contributed by atoms with Gasteiger partial charge in [0.25, 0.3) is 5.91 Å². The van der Waals surface area contributed by atoms with E-state index >= 15 is 0 Å². The molecule has 1 amide bonds. The van der Waals surface area contributed by atoms with Crippen LogP contribution in [0.4, 0.5) is 11.4 Å². The fourth-order valence-corrected chi connectivity index (χ4v) is 2.60. The molecule has 0 aliphatic carbocycles. The quantitative estimate of drug-likeness (QED) is 0.709. The lowest BCUT2D eigenvalue weighted by molar-refractivity contribution is 0.102. The molecule has 0 unspecified atom stereocenters. The minimum Gasteiger partial charge on any atom is -0.321 e. The molecule has 0 fully saturated rings. The first-order valence-electron chi connectivity index (χ1n) is 7.12. The molecule has 0 saturated heterocycles. The number of aromatic nitrogens is 4. The second-order valence-electron chi connectivity index (χ2n) is 5.16. The molecule has 2 aromatic heterocycles. The molecule has 0 radical (unpaired) electrons. The Kier molecular flexibility index (Phi) is 4.44. The van der Waals surface area contributed by atoms with Gasteiger partial charge in [-0.05, 0) is 30.3 Å².